The van der Waals surface area contributed by atoms with Crippen molar-refractivity contribution in [3.8, 4) is 17.2 Å². The zero-order valence-corrected chi connectivity index (χ0v) is 15.0. The quantitative estimate of drug-likeness (QED) is 0.783. The second-order valence-corrected chi connectivity index (χ2v) is 6.66. The first-order chi connectivity index (χ1) is 11.4. The van der Waals surface area contributed by atoms with Gasteiger partial charge >= 0.3 is 0 Å². The van der Waals surface area contributed by atoms with E-state index in [0.717, 1.165) is 28.4 Å². The molecular weight excluding hydrogens is 302 g/mol. The van der Waals surface area contributed by atoms with Gasteiger partial charge in [-0.25, -0.2) is 0 Å². The molecule has 0 fully saturated rings. The predicted octanol–water partition coefficient (Wildman–Crippen LogP) is 3.91. The lowest BCUT2D eigenvalue weighted by Gasteiger charge is -2.23. The minimum atomic E-state index is -0.0250. The van der Waals surface area contributed by atoms with Crippen LogP contribution in [0.5, 0.6) is 17.2 Å². The Morgan fingerprint density at radius 3 is 2.08 bits per heavy atom. The van der Waals surface area contributed by atoms with Crippen LogP contribution in [0.2, 0.25) is 0 Å². The Hall–Kier alpha value is -2.20. The standard InChI is InChI=1S/C20H27NO3/c1-20(2,3)18-13-17(22-4)9-10-19(18)24-12-11-23-16-7-5-15(14-21)6-8-16/h5-10,13H,11-12,14,21H2,1-4H3. The fourth-order valence-electron chi connectivity index (χ4n) is 2.38. The van der Waals surface area contributed by atoms with Crippen LogP contribution in [0.25, 0.3) is 0 Å². The average Bonchev–Trinajstić information content (AvgIpc) is 2.58. The Morgan fingerprint density at radius 2 is 1.50 bits per heavy atom. The summed E-state index contributed by atoms with van der Waals surface area (Å²) in [5.74, 6) is 2.52. The third-order valence-corrected chi connectivity index (χ3v) is 3.76. The van der Waals surface area contributed by atoms with Gasteiger partial charge in [0.2, 0.25) is 0 Å². The maximum atomic E-state index is 5.93. The van der Waals surface area contributed by atoms with Gasteiger partial charge in [-0.05, 0) is 41.3 Å². The highest BCUT2D eigenvalue weighted by Gasteiger charge is 2.20. The molecule has 0 saturated heterocycles. The van der Waals surface area contributed by atoms with Crippen molar-refractivity contribution in [3.05, 3.63) is 53.6 Å². The molecule has 2 aromatic rings. The van der Waals surface area contributed by atoms with Gasteiger partial charge < -0.3 is 19.9 Å². The van der Waals surface area contributed by atoms with Crippen LogP contribution in [0.3, 0.4) is 0 Å². The van der Waals surface area contributed by atoms with E-state index in [9.17, 15) is 0 Å². The monoisotopic (exact) mass is 329 g/mol. The second kappa shape index (κ2) is 8.06. The highest BCUT2D eigenvalue weighted by atomic mass is 16.5. The van der Waals surface area contributed by atoms with Crippen LogP contribution in [0.1, 0.15) is 31.9 Å². The number of benzene rings is 2. The first-order valence-corrected chi connectivity index (χ1v) is 8.17. The molecule has 4 heteroatoms. The summed E-state index contributed by atoms with van der Waals surface area (Å²) >= 11 is 0. The molecule has 0 amide bonds. The number of rotatable bonds is 7. The molecule has 24 heavy (non-hydrogen) atoms. The maximum absolute atomic E-state index is 5.93. The Morgan fingerprint density at radius 1 is 0.875 bits per heavy atom. The van der Waals surface area contributed by atoms with Gasteiger partial charge in [0.05, 0.1) is 7.11 Å². The topological polar surface area (TPSA) is 53.7 Å². The molecule has 2 aromatic carbocycles. The van der Waals surface area contributed by atoms with Crippen molar-refractivity contribution in [3.63, 3.8) is 0 Å². The maximum Gasteiger partial charge on any atom is 0.123 e. The summed E-state index contributed by atoms with van der Waals surface area (Å²) in [7, 11) is 1.67. The highest BCUT2D eigenvalue weighted by molar-refractivity contribution is 5.44. The first-order valence-electron chi connectivity index (χ1n) is 8.17. The molecular formula is C20H27NO3. The molecule has 0 unspecified atom stereocenters. The van der Waals surface area contributed by atoms with Crippen LogP contribution in [0.15, 0.2) is 42.5 Å². The van der Waals surface area contributed by atoms with E-state index in [1.54, 1.807) is 7.11 Å². The molecule has 2 N–H and O–H groups in total. The minimum absolute atomic E-state index is 0.0250. The molecule has 2 rings (SSSR count). The van der Waals surface area contributed by atoms with E-state index in [-0.39, 0.29) is 5.41 Å². The molecule has 0 atom stereocenters. The van der Waals surface area contributed by atoms with Crippen molar-refractivity contribution >= 4 is 0 Å². The first kappa shape index (κ1) is 18.1. The zero-order valence-electron chi connectivity index (χ0n) is 15.0. The van der Waals surface area contributed by atoms with Crippen LogP contribution in [-0.2, 0) is 12.0 Å². The van der Waals surface area contributed by atoms with Crippen molar-refractivity contribution < 1.29 is 14.2 Å². The summed E-state index contributed by atoms with van der Waals surface area (Å²) in [5.41, 5.74) is 7.77. The summed E-state index contributed by atoms with van der Waals surface area (Å²) in [4.78, 5) is 0. The van der Waals surface area contributed by atoms with Crippen molar-refractivity contribution in [1.29, 1.82) is 0 Å². The number of nitrogens with two attached hydrogens (primary N) is 1. The summed E-state index contributed by atoms with van der Waals surface area (Å²) < 4.78 is 17.0. The summed E-state index contributed by atoms with van der Waals surface area (Å²) in [6, 6.07) is 13.7. The average molecular weight is 329 g/mol. The summed E-state index contributed by atoms with van der Waals surface area (Å²) in [6.07, 6.45) is 0. The molecule has 4 nitrogen and oxygen atoms in total. The largest absolute Gasteiger partial charge is 0.497 e. The van der Waals surface area contributed by atoms with Gasteiger partial charge in [0.15, 0.2) is 0 Å². The number of hydrogen-bond acceptors (Lipinski definition) is 4. The number of methoxy groups -OCH3 is 1. The smallest absolute Gasteiger partial charge is 0.123 e. The summed E-state index contributed by atoms with van der Waals surface area (Å²) in [5, 5.41) is 0. The van der Waals surface area contributed by atoms with E-state index in [1.165, 1.54) is 0 Å². The minimum Gasteiger partial charge on any atom is -0.497 e. The highest BCUT2D eigenvalue weighted by Crippen LogP contribution is 2.34. The lowest BCUT2D eigenvalue weighted by Crippen LogP contribution is -2.16. The third kappa shape index (κ3) is 4.90. The van der Waals surface area contributed by atoms with E-state index >= 15 is 0 Å². The third-order valence-electron chi connectivity index (χ3n) is 3.76. The summed E-state index contributed by atoms with van der Waals surface area (Å²) in [6.45, 7) is 7.97. The van der Waals surface area contributed by atoms with E-state index in [1.807, 2.05) is 42.5 Å². The Balaban J connectivity index is 1.94. The van der Waals surface area contributed by atoms with E-state index in [0.29, 0.717) is 19.8 Å². The van der Waals surface area contributed by atoms with Crippen molar-refractivity contribution in [1.82, 2.24) is 0 Å². The molecule has 0 saturated carbocycles. The van der Waals surface area contributed by atoms with Crippen molar-refractivity contribution in [2.24, 2.45) is 5.73 Å². The Kier molecular flexibility index (Phi) is 6.10. The fraction of sp³-hybridized carbons (Fsp3) is 0.400. The van der Waals surface area contributed by atoms with Gasteiger partial charge in [0, 0.05) is 12.1 Å². The van der Waals surface area contributed by atoms with Crippen LogP contribution < -0.4 is 19.9 Å². The number of hydrogen-bond donors (Lipinski definition) is 1. The van der Waals surface area contributed by atoms with E-state index < -0.39 is 0 Å². The zero-order chi connectivity index (χ0) is 17.6. The molecule has 0 aliphatic rings. The molecule has 130 valence electrons. The van der Waals surface area contributed by atoms with E-state index in [4.69, 9.17) is 19.9 Å². The molecule has 0 spiro atoms. The number of ether oxygens (including phenoxy) is 3. The molecule has 0 heterocycles. The molecule has 0 radical (unpaired) electrons. The lowest BCUT2D eigenvalue weighted by molar-refractivity contribution is 0.214. The van der Waals surface area contributed by atoms with Gasteiger partial charge in [-0.3, -0.25) is 0 Å². The van der Waals surface area contributed by atoms with Gasteiger partial charge in [-0.2, -0.15) is 0 Å². The normalized spacial score (nSPS) is 11.2. The molecule has 0 bridgehead atoms. The van der Waals surface area contributed by atoms with Crippen molar-refractivity contribution in [2.75, 3.05) is 20.3 Å². The van der Waals surface area contributed by atoms with Crippen LogP contribution in [-0.4, -0.2) is 20.3 Å². The Labute approximate surface area is 144 Å². The van der Waals surface area contributed by atoms with Crippen molar-refractivity contribution in [2.45, 2.75) is 32.7 Å². The molecule has 0 aromatic heterocycles. The van der Waals surface area contributed by atoms with Crippen LogP contribution in [0, 0.1) is 0 Å². The predicted molar refractivity (Wildman–Crippen MR) is 97.0 cm³/mol. The van der Waals surface area contributed by atoms with Gasteiger partial charge in [0.25, 0.3) is 0 Å². The molecule has 0 aliphatic heterocycles. The van der Waals surface area contributed by atoms with Gasteiger partial charge in [-0.15, -0.1) is 0 Å². The molecule has 0 aliphatic carbocycles. The fourth-order valence-corrected chi connectivity index (χ4v) is 2.38. The van der Waals surface area contributed by atoms with Gasteiger partial charge in [-0.1, -0.05) is 32.9 Å². The SMILES string of the molecule is COc1ccc(OCCOc2ccc(CN)cc2)c(C(C)(C)C)c1. The second-order valence-electron chi connectivity index (χ2n) is 6.66. The van der Waals surface area contributed by atoms with Crippen LogP contribution >= 0.6 is 0 Å². The van der Waals surface area contributed by atoms with Gasteiger partial charge in [0.1, 0.15) is 30.5 Å². The van der Waals surface area contributed by atoms with Crippen LogP contribution in [0.4, 0.5) is 0 Å². The lowest BCUT2D eigenvalue weighted by atomic mass is 9.86. The Bertz CT molecular complexity index is 645. The van der Waals surface area contributed by atoms with E-state index in [2.05, 4.69) is 20.8 Å².